The topological polar surface area (TPSA) is 76.6 Å². The third-order valence-corrected chi connectivity index (χ3v) is 3.55. The first kappa shape index (κ1) is 15.2. The Balaban J connectivity index is 1.78. The molecule has 1 aliphatic rings. The lowest BCUT2D eigenvalue weighted by atomic mass is 10.2. The van der Waals surface area contributed by atoms with E-state index in [0.717, 1.165) is 13.1 Å². The van der Waals surface area contributed by atoms with E-state index in [1.807, 2.05) is 0 Å². The fraction of sp³-hybridized carbons (Fsp3) is 0.312. The summed E-state index contributed by atoms with van der Waals surface area (Å²) in [7, 11) is 1.55. The highest BCUT2D eigenvalue weighted by Crippen LogP contribution is 2.20. The maximum atomic E-state index is 12.6. The number of nitrogens with one attached hydrogen (secondary N) is 1. The van der Waals surface area contributed by atoms with Crippen molar-refractivity contribution < 1.29 is 14.3 Å². The molecule has 0 radical (unpaired) electrons. The van der Waals surface area contributed by atoms with Crippen molar-refractivity contribution >= 4 is 17.4 Å². The summed E-state index contributed by atoms with van der Waals surface area (Å²) in [5.41, 5.74) is 1.14. The molecule has 0 aliphatic carbocycles. The maximum Gasteiger partial charge on any atom is 0.259 e. The van der Waals surface area contributed by atoms with E-state index in [-0.39, 0.29) is 5.91 Å². The van der Waals surface area contributed by atoms with Crippen LogP contribution >= 0.6 is 0 Å². The normalized spacial score (nSPS) is 14.4. The molecule has 0 aromatic carbocycles. The fourth-order valence-electron chi connectivity index (χ4n) is 2.37. The molecule has 1 N–H and O–H groups in total. The molecule has 0 spiro atoms. The molecule has 3 heterocycles. The highest BCUT2D eigenvalue weighted by atomic mass is 16.5. The van der Waals surface area contributed by atoms with Crippen molar-refractivity contribution in [1.29, 1.82) is 0 Å². The second-order valence-corrected chi connectivity index (χ2v) is 5.02. The van der Waals surface area contributed by atoms with Crippen molar-refractivity contribution in [1.82, 2.24) is 9.97 Å². The van der Waals surface area contributed by atoms with Gasteiger partial charge >= 0.3 is 0 Å². The zero-order valence-corrected chi connectivity index (χ0v) is 12.9. The second kappa shape index (κ2) is 7.06. The van der Waals surface area contributed by atoms with Crippen LogP contribution in [0.2, 0.25) is 0 Å². The minimum atomic E-state index is -0.216. The number of carbonyl (C=O) groups is 1. The first-order valence-corrected chi connectivity index (χ1v) is 7.37. The number of anilines is 2. The number of morpholine rings is 1. The Bertz CT molecular complexity index is 669. The van der Waals surface area contributed by atoms with Gasteiger partial charge in [-0.2, -0.15) is 0 Å². The highest BCUT2D eigenvalue weighted by molar-refractivity contribution is 6.07. The first-order valence-electron chi connectivity index (χ1n) is 7.37. The van der Waals surface area contributed by atoms with Gasteiger partial charge in [0.2, 0.25) is 5.88 Å². The summed E-state index contributed by atoms with van der Waals surface area (Å²) in [6, 6.07) is 6.96. The summed E-state index contributed by atoms with van der Waals surface area (Å²) >= 11 is 0. The zero-order chi connectivity index (χ0) is 16.1. The molecule has 120 valence electrons. The average Bonchev–Trinajstić information content (AvgIpc) is 2.63. The van der Waals surface area contributed by atoms with Crippen LogP contribution in [0.4, 0.5) is 11.5 Å². The Hall–Kier alpha value is -2.67. The highest BCUT2D eigenvalue weighted by Gasteiger charge is 2.19. The molecule has 1 fully saturated rings. The number of hydrogen-bond acceptors (Lipinski definition) is 6. The van der Waals surface area contributed by atoms with E-state index in [0.29, 0.717) is 36.2 Å². The van der Waals surface area contributed by atoms with E-state index in [1.54, 1.807) is 43.8 Å². The summed E-state index contributed by atoms with van der Waals surface area (Å²) in [5.74, 6) is 0.958. The van der Waals surface area contributed by atoms with Gasteiger partial charge in [0.25, 0.3) is 5.91 Å². The van der Waals surface area contributed by atoms with E-state index < -0.39 is 0 Å². The number of carbonyl (C=O) groups excluding carboxylic acids is 1. The van der Waals surface area contributed by atoms with Gasteiger partial charge in [0.1, 0.15) is 5.82 Å². The average molecular weight is 314 g/mol. The predicted octanol–water partition coefficient (Wildman–Crippen LogP) is 1.57. The number of hydrogen-bond donors (Lipinski definition) is 1. The van der Waals surface area contributed by atoms with Gasteiger partial charge in [0, 0.05) is 25.4 Å². The van der Waals surface area contributed by atoms with E-state index in [9.17, 15) is 4.79 Å². The number of pyridine rings is 2. The SMILES string of the molecule is COc1ccc(NC(=O)c2cccnc2N2CCOCC2)cn1. The summed E-state index contributed by atoms with van der Waals surface area (Å²) in [5, 5.41) is 2.83. The minimum Gasteiger partial charge on any atom is -0.481 e. The quantitative estimate of drug-likeness (QED) is 0.923. The van der Waals surface area contributed by atoms with Gasteiger partial charge in [-0.15, -0.1) is 0 Å². The molecule has 0 saturated carbocycles. The molecular weight excluding hydrogens is 296 g/mol. The Kier molecular flexibility index (Phi) is 4.68. The van der Waals surface area contributed by atoms with Crippen LogP contribution in [0.15, 0.2) is 36.7 Å². The molecule has 7 nitrogen and oxygen atoms in total. The van der Waals surface area contributed by atoms with Crippen molar-refractivity contribution in [2.75, 3.05) is 43.6 Å². The van der Waals surface area contributed by atoms with Crippen molar-refractivity contribution in [3.63, 3.8) is 0 Å². The second-order valence-electron chi connectivity index (χ2n) is 5.02. The first-order chi connectivity index (χ1) is 11.3. The Morgan fingerprint density at radius 1 is 1.26 bits per heavy atom. The summed E-state index contributed by atoms with van der Waals surface area (Å²) in [4.78, 5) is 23.1. The molecule has 1 aliphatic heterocycles. The molecule has 2 aromatic rings. The predicted molar refractivity (Wildman–Crippen MR) is 86.0 cm³/mol. The maximum absolute atomic E-state index is 12.6. The molecule has 0 bridgehead atoms. The summed E-state index contributed by atoms with van der Waals surface area (Å²) in [6.07, 6.45) is 3.25. The lowest BCUT2D eigenvalue weighted by molar-refractivity contribution is 0.102. The lowest BCUT2D eigenvalue weighted by Crippen LogP contribution is -2.38. The minimum absolute atomic E-state index is 0.216. The molecule has 1 amide bonds. The third-order valence-electron chi connectivity index (χ3n) is 3.55. The van der Waals surface area contributed by atoms with Crippen LogP contribution in [0.3, 0.4) is 0 Å². The molecule has 23 heavy (non-hydrogen) atoms. The van der Waals surface area contributed by atoms with Crippen molar-refractivity contribution in [3.8, 4) is 5.88 Å². The van der Waals surface area contributed by atoms with Crippen LogP contribution in [-0.4, -0.2) is 49.3 Å². The molecule has 0 atom stereocenters. The van der Waals surface area contributed by atoms with Crippen LogP contribution in [0.5, 0.6) is 5.88 Å². The van der Waals surface area contributed by atoms with E-state index in [1.165, 1.54) is 0 Å². The van der Waals surface area contributed by atoms with Crippen LogP contribution in [-0.2, 0) is 4.74 Å². The summed E-state index contributed by atoms with van der Waals surface area (Å²) < 4.78 is 10.4. The molecule has 0 unspecified atom stereocenters. The van der Waals surface area contributed by atoms with Gasteiger partial charge < -0.3 is 19.7 Å². The largest absolute Gasteiger partial charge is 0.481 e. The van der Waals surface area contributed by atoms with Gasteiger partial charge in [0.05, 0.1) is 37.8 Å². The van der Waals surface area contributed by atoms with Gasteiger partial charge in [0.15, 0.2) is 0 Å². The molecule has 7 heteroatoms. The number of methoxy groups -OCH3 is 1. The lowest BCUT2D eigenvalue weighted by Gasteiger charge is -2.29. The standard InChI is InChI=1S/C16H18N4O3/c1-22-14-5-4-12(11-18-14)19-16(21)13-3-2-6-17-15(13)20-7-9-23-10-8-20/h2-6,11H,7-10H2,1H3,(H,19,21). The van der Waals surface area contributed by atoms with E-state index >= 15 is 0 Å². The Morgan fingerprint density at radius 2 is 2.09 bits per heavy atom. The van der Waals surface area contributed by atoms with Crippen molar-refractivity contribution in [2.24, 2.45) is 0 Å². The third kappa shape index (κ3) is 3.57. The monoisotopic (exact) mass is 314 g/mol. The van der Waals surface area contributed by atoms with Gasteiger partial charge in [-0.1, -0.05) is 0 Å². The van der Waals surface area contributed by atoms with Crippen LogP contribution < -0.4 is 15.0 Å². The smallest absolute Gasteiger partial charge is 0.259 e. The van der Waals surface area contributed by atoms with Gasteiger partial charge in [-0.05, 0) is 18.2 Å². The van der Waals surface area contributed by atoms with Crippen LogP contribution in [0.1, 0.15) is 10.4 Å². The Labute approximate surface area is 134 Å². The number of nitrogens with zero attached hydrogens (tertiary/aromatic N) is 3. The van der Waals surface area contributed by atoms with Crippen molar-refractivity contribution in [3.05, 3.63) is 42.2 Å². The molecular formula is C16H18N4O3. The number of amides is 1. The van der Waals surface area contributed by atoms with Crippen molar-refractivity contribution in [2.45, 2.75) is 0 Å². The van der Waals surface area contributed by atoms with E-state index in [4.69, 9.17) is 9.47 Å². The van der Waals surface area contributed by atoms with Crippen LogP contribution in [0, 0.1) is 0 Å². The number of rotatable bonds is 4. The summed E-state index contributed by atoms with van der Waals surface area (Å²) in [6.45, 7) is 2.73. The van der Waals surface area contributed by atoms with Crippen LogP contribution in [0.25, 0.3) is 0 Å². The van der Waals surface area contributed by atoms with E-state index in [2.05, 4.69) is 20.2 Å². The molecule has 1 saturated heterocycles. The Morgan fingerprint density at radius 3 is 2.78 bits per heavy atom. The number of aromatic nitrogens is 2. The van der Waals surface area contributed by atoms with Gasteiger partial charge in [-0.25, -0.2) is 9.97 Å². The molecule has 2 aromatic heterocycles. The number of ether oxygens (including phenoxy) is 2. The fourth-order valence-corrected chi connectivity index (χ4v) is 2.37. The molecule has 3 rings (SSSR count). The zero-order valence-electron chi connectivity index (χ0n) is 12.9. The van der Waals surface area contributed by atoms with Gasteiger partial charge in [-0.3, -0.25) is 4.79 Å².